The first-order chi connectivity index (χ1) is 13.0. The van der Waals surface area contributed by atoms with Crippen molar-refractivity contribution in [2.75, 3.05) is 26.2 Å². The van der Waals surface area contributed by atoms with Crippen molar-refractivity contribution in [3.8, 4) is 0 Å². The molecule has 1 aliphatic heterocycles. The van der Waals surface area contributed by atoms with Crippen molar-refractivity contribution in [2.45, 2.75) is 44.4 Å². The lowest BCUT2D eigenvalue weighted by atomic mass is 9.96. The highest BCUT2D eigenvalue weighted by molar-refractivity contribution is 14.0. The third-order valence-corrected chi connectivity index (χ3v) is 5.68. The topological polar surface area (TPSA) is 73.8 Å². The van der Waals surface area contributed by atoms with Gasteiger partial charge in [0.1, 0.15) is 0 Å². The van der Waals surface area contributed by atoms with Gasteiger partial charge in [-0.25, -0.2) is 0 Å². The molecule has 3 rings (SSSR count). The number of nitrogens with one attached hydrogen (secondary N) is 2. The Morgan fingerprint density at radius 3 is 2.54 bits per heavy atom. The number of piperidine rings is 1. The highest BCUT2D eigenvalue weighted by Crippen LogP contribution is 2.48. The van der Waals surface area contributed by atoms with E-state index in [0.29, 0.717) is 32.4 Å². The zero-order valence-corrected chi connectivity index (χ0v) is 20.1. The van der Waals surface area contributed by atoms with E-state index in [9.17, 15) is 9.59 Å². The van der Waals surface area contributed by atoms with E-state index < -0.39 is 0 Å². The fourth-order valence-corrected chi connectivity index (χ4v) is 3.81. The second-order valence-electron chi connectivity index (χ2n) is 7.21. The van der Waals surface area contributed by atoms with Crippen molar-refractivity contribution in [2.24, 2.45) is 4.99 Å². The van der Waals surface area contributed by atoms with Crippen LogP contribution in [0.3, 0.4) is 0 Å². The van der Waals surface area contributed by atoms with Crippen LogP contribution in [0.2, 0.25) is 0 Å². The maximum Gasteiger partial charge on any atom is 0.229 e. The lowest BCUT2D eigenvalue weighted by molar-refractivity contribution is -0.147. The average Bonchev–Trinajstić information content (AvgIpc) is 3.43. The normalized spacial score (nSPS) is 18.5. The van der Waals surface area contributed by atoms with E-state index in [2.05, 4.69) is 44.8 Å². The number of carbonyl (C=O) groups is 2. The molecule has 0 atom stereocenters. The van der Waals surface area contributed by atoms with E-state index in [-0.39, 0.29) is 41.2 Å². The second-order valence-corrected chi connectivity index (χ2v) is 8.12. The maximum absolute atomic E-state index is 11.9. The molecule has 0 unspecified atom stereocenters. The Morgan fingerprint density at radius 1 is 1.21 bits per heavy atom. The summed E-state index contributed by atoms with van der Waals surface area (Å²) in [7, 11) is 0. The molecule has 28 heavy (non-hydrogen) atoms. The summed E-state index contributed by atoms with van der Waals surface area (Å²) < 4.78 is 1.09. The third-order valence-electron chi connectivity index (χ3n) is 5.19. The lowest BCUT2D eigenvalue weighted by Gasteiger charge is -2.25. The molecule has 2 N–H and O–H groups in total. The maximum atomic E-state index is 11.9. The number of amides is 2. The molecule has 0 spiro atoms. The SMILES string of the molecule is CCNC(=NCC1(c2cccc(Br)c2)CC1)NCCN1C(=O)CCCC1=O.I. The van der Waals surface area contributed by atoms with Gasteiger partial charge < -0.3 is 10.6 Å². The van der Waals surface area contributed by atoms with Crippen LogP contribution < -0.4 is 10.6 Å². The summed E-state index contributed by atoms with van der Waals surface area (Å²) in [5, 5.41) is 6.50. The number of aliphatic imine (C=N–C) groups is 1. The molecular weight excluding hydrogens is 535 g/mol. The van der Waals surface area contributed by atoms with E-state index in [1.165, 1.54) is 10.5 Å². The minimum atomic E-state index is -0.0680. The molecule has 1 saturated carbocycles. The number of halogens is 2. The highest BCUT2D eigenvalue weighted by Gasteiger charge is 2.44. The van der Waals surface area contributed by atoms with Crippen molar-refractivity contribution in [3.63, 3.8) is 0 Å². The standard InChI is InChI=1S/C20H27BrN4O2.HI/c1-2-22-19(23-11-12-25-17(26)7-4-8-18(25)27)24-14-20(9-10-20)15-5-3-6-16(21)13-15;/h3,5-6,13H,2,4,7-12,14H2,1H3,(H2,22,23,24);1H. The summed E-state index contributed by atoms with van der Waals surface area (Å²) in [6.07, 6.45) is 3.89. The molecular formula is C20H28BrIN4O2. The molecule has 2 amide bonds. The van der Waals surface area contributed by atoms with E-state index in [1.807, 2.05) is 13.0 Å². The second kappa shape index (κ2) is 10.6. The molecule has 6 nitrogen and oxygen atoms in total. The number of carbonyl (C=O) groups excluding carboxylic acids is 2. The lowest BCUT2D eigenvalue weighted by Crippen LogP contribution is -2.46. The Labute approximate surface area is 192 Å². The van der Waals surface area contributed by atoms with Crippen molar-refractivity contribution in [1.82, 2.24) is 15.5 Å². The van der Waals surface area contributed by atoms with Gasteiger partial charge in [0.25, 0.3) is 0 Å². The molecule has 1 heterocycles. The quantitative estimate of drug-likeness (QED) is 0.232. The van der Waals surface area contributed by atoms with Gasteiger partial charge in [-0.3, -0.25) is 19.5 Å². The van der Waals surface area contributed by atoms with Crippen LogP contribution in [0.4, 0.5) is 0 Å². The first-order valence-electron chi connectivity index (χ1n) is 9.65. The molecule has 1 saturated heterocycles. The van der Waals surface area contributed by atoms with Crippen LogP contribution in [0.25, 0.3) is 0 Å². The summed E-state index contributed by atoms with van der Waals surface area (Å²) >= 11 is 3.55. The summed E-state index contributed by atoms with van der Waals surface area (Å²) in [6.45, 7) is 4.40. The summed E-state index contributed by atoms with van der Waals surface area (Å²) in [5.41, 5.74) is 1.45. The fraction of sp³-hybridized carbons (Fsp3) is 0.550. The van der Waals surface area contributed by atoms with Gasteiger partial charge in [0.05, 0.1) is 6.54 Å². The predicted molar refractivity (Wildman–Crippen MR) is 125 cm³/mol. The van der Waals surface area contributed by atoms with E-state index >= 15 is 0 Å². The van der Waals surface area contributed by atoms with Gasteiger partial charge in [-0.05, 0) is 43.9 Å². The largest absolute Gasteiger partial charge is 0.357 e. The first kappa shape index (κ1) is 23.1. The molecule has 154 valence electrons. The smallest absolute Gasteiger partial charge is 0.229 e. The number of imide groups is 1. The van der Waals surface area contributed by atoms with Crippen LogP contribution in [0, 0.1) is 0 Å². The van der Waals surface area contributed by atoms with Gasteiger partial charge in [-0.15, -0.1) is 24.0 Å². The Kier molecular flexibility index (Phi) is 8.73. The van der Waals surface area contributed by atoms with E-state index in [4.69, 9.17) is 4.99 Å². The Balaban J connectivity index is 0.00000280. The molecule has 0 aromatic heterocycles. The van der Waals surface area contributed by atoms with E-state index in [1.54, 1.807) is 0 Å². The van der Waals surface area contributed by atoms with Gasteiger partial charge in [0.2, 0.25) is 11.8 Å². The van der Waals surface area contributed by atoms with Gasteiger partial charge in [-0.1, -0.05) is 28.1 Å². The monoisotopic (exact) mass is 562 g/mol. The van der Waals surface area contributed by atoms with Crippen molar-refractivity contribution >= 4 is 57.7 Å². The number of nitrogens with zero attached hydrogens (tertiary/aromatic N) is 2. The summed E-state index contributed by atoms with van der Waals surface area (Å²) in [4.78, 5) is 29.9. The Morgan fingerprint density at radius 2 is 1.93 bits per heavy atom. The molecule has 2 aliphatic rings. The van der Waals surface area contributed by atoms with E-state index in [0.717, 1.165) is 36.4 Å². The van der Waals surface area contributed by atoms with Crippen LogP contribution in [0.1, 0.15) is 44.6 Å². The number of rotatable bonds is 7. The number of likely N-dealkylation sites (tertiary alicyclic amines) is 1. The van der Waals surface area contributed by atoms with Gasteiger partial charge >= 0.3 is 0 Å². The summed E-state index contributed by atoms with van der Waals surface area (Å²) in [5.74, 6) is 0.596. The zero-order chi connectivity index (χ0) is 19.3. The highest BCUT2D eigenvalue weighted by atomic mass is 127. The van der Waals surface area contributed by atoms with Crippen LogP contribution in [0.15, 0.2) is 33.7 Å². The van der Waals surface area contributed by atoms with Crippen molar-refractivity contribution in [3.05, 3.63) is 34.3 Å². The number of guanidine groups is 1. The predicted octanol–water partition coefficient (Wildman–Crippen LogP) is 3.19. The van der Waals surface area contributed by atoms with Gasteiger partial charge in [-0.2, -0.15) is 0 Å². The molecule has 8 heteroatoms. The van der Waals surface area contributed by atoms with Crippen molar-refractivity contribution < 1.29 is 9.59 Å². The van der Waals surface area contributed by atoms with Crippen LogP contribution in [-0.4, -0.2) is 48.9 Å². The van der Waals surface area contributed by atoms with Crippen LogP contribution in [0.5, 0.6) is 0 Å². The van der Waals surface area contributed by atoms with Gasteiger partial charge in [0, 0.05) is 42.4 Å². The molecule has 1 aliphatic carbocycles. The van der Waals surface area contributed by atoms with Crippen LogP contribution in [-0.2, 0) is 15.0 Å². The van der Waals surface area contributed by atoms with Gasteiger partial charge in [0.15, 0.2) is 5.96 Å². The first-order valence-corrected chi connectivity index (χ1v) is 10.4. The summed E-state index contributed by atoms with van der Waals surface area (Å²) in [6, 6.07) is 8.45. The number of benzene rings is 1. The fourth-order valence-electron chi connectivity index (χ4n) is 3.41. The number of hydrogen-bond donors (Lipinski definition) is 2. The Bertz CT molecular complexity index is 721. The molecule has 0 radical (unpaired) electrons. The zero-order valence-electron chi connectivity index (χ0n) is 16.2. The number of hydrogen-bond acceptors (Lipinski definition) is 3. The molecule has 1 aromatic carbocycles. The average molecular weight is 563 g/mol. The minimum absolute atomic E-state index is 0. The van der Waals surface area contributed by atoms with Crippen LogP contribution >= 0.6 is 39.9 Å². The molecule has 2 fully saturated rings. The minimum Gasteiger partial charge on any atom is -0.357 e. The molecule has 1 aromatic rings. The van der Waals surface area contributed by atoms with Crippen molar-refractivity contribution in [1.29, 1.82) is 0 Å². The Hall–Kier alpha value is -1.16. The molecule has 0 bridgehead atoms. The third kappa shape index (κ3) is 5.92.